The molecule has 3 aromatic rings. The summed E-state index contributed by atoms with van der Waals surface area (Å²) in [6.07, 6.45) is 0.476. The SMILES string of the molecule is O=C(O)C(Cc1cccc2ccccc12)Sc1ccc(Cl)cc1. The molecule has 0 aliphatic carbocycles. The van der Waals surface area contributed by atoms with Crippen molar-refractivity contribution < 1.29 is 9.90 Å². The second-order valence-electron chi connectivity index (χ2n) is 5.24. The number of halogens is 1. The van der Waals surface area contributed by atoms with Crippen LogP contribution in [0.3, 0.4) is 0 Å². The second kappa shape index (κ2) is 7.07. The molecule has 0 aliphatic rings. The molecule has 0 radical (unpaired) electrons. The lowest BCUT2D eigenvalue weighted by Crippen LogP contribution is -2.19. The van der Waals surface area contributed by atoms with Gasteiger partial charge in [-0.2, -0.15) is 0 Å². The first-order valence-electron chi connectivity index (χ1n) is 7.25. The van der Waals surface area contributed by atoms with Crippen LogP contribution in [0.1, 0.15) is 5.56 Å². The van der Waals surface area contributed by atoms with Gasteiger partial charge < -0.3 is 5.11 Å². The van der Waals surface area contributed by atoms with E-state index < -0.39 is 11.2 Å². The third-order valence-electron chi connectivity index (χ3n) is 3.65. The van der Waals surface area contributed by atoms with Gasteiger partial charge in [0.2, 0.25) is 0 Å². The summed E-state index contributed by atoms with van der Waals surface area (Å²) >= 11 is 7.23. The molecular weight excluding hydrogens is 328 g/mol. The smallest absolute Gasteiger partial charge is 0.317 e. The fourth-order valence-electron chi connectivity index (χ4n) is 2.53. The van der Waals surface area contributed by atoms with Crippen molar-refractivity contribution in [2.75, 3.05) is 0 Å². The van der Waals surface area contributed by atoms with Gasteiger partial charge in [0.15, 0.2) is 0 Å². The summed E-state index contributed by atoms with van der Waals surface area (Å²) < 4.78 is 0. The summed E-state index contributed by atoms with van der Waals surface area (Å²) in [5.41, 5.74) is 1.05. The standard InChI is InChI=1S/C19H15ClO2S/c20-15-8-10-16(11-9-15)23-18(19(21)22)12-14-6-3-5-13-4-1-2-7-17(13)14/h1-11,18H,12H2,(H,21,22). The van der Waals surface area contributed by atoms with Gasteiger partial charge in [0.05, 0.1) is 0 Å². The van der Waals surface area contributed by atoms with Crippen molar-refractivity contribution >= 4 is 40.1 Å². The van der Waals surface area contributed by atoms with E-state index in [1.807, 2.05) is 54.6 Å². The molecule has 0 bridgehead atoms. The van der Waals surface area contributed by atoms with Gasteiger partial charge in [-0.1, -0.05) is 54.1 Å². The molecule has 116 valence electrons. The largest absolute Gasteiger partial charge is 0.480 e. The lowest BCUT2D eigenvalue weighted by atomic mass is 10.0. The van der Waals surface area contributed by atoms with Crippen LogP contribution < -0.4 is 0 Å². The summed E-state index contributed by atoms with van der Waals surface area (Å²) in [7, 11) is 0. The van der Waals surface area contributed by atoms with Crippen LogP contribution >= 0.6 is 23.4 Å². The van der Waals surface area contributed by atoms with Crippen LogP contribution in [0.25, 0.3) is 10.8 Å². The molecule has 0 saturated carbocycles. The molecule has 4 heteroatoms. The first kappa shape index (κ1) is 15.9. The number of aliphatic carboxylic acids is 1. The average Bonchev–Trinajstić information content (AvgIpc) is 2.56. The van der Waals surface area contributed by atoms with Gasteiger partial charge in [0.1, 0.15) is 5.25 Å². The molecule has 1 atom stereocenters. The number of benzene rings is 3. The van der Waals surface area contributed by atoms with E-state index >= 15 is 0 Å². The lowest BCUT2D eigenvalue weighted by molar-refractivity contribution is -0.136. The van der Waals surface area contributed by atoms with Crippen LogP contribution in [-0.2, 0) is 11.2 Å². The van der Waals surface area contributed by atoms with Crippen LogP contribution in [0.5, 0.6) is 0 Å². The van der Waals surface area contributed by atoms with Crippen LogP contribution in [0.15, 0.2) is 71.6 Å². The first-order valence-corrected chi connectivity index (χ1v) is 8.51. The molecule has 3 aromatic carbocycles. The third kappa shape index (κ3) is 3.87. The second-order valence-corrected chi connectivity index (χ2v) is 6.95. The van der Waals surface area contributed by atoms with Gasteiger partial charge in [-0.3, -0.25) is 4.79 Å². The van der Waals surface area contributed by atoms with E-state index in [1.165, 1.54) is 11.8 Å². The number of carboxylic acids is 1. The predicted molar refractivity (Wildman–Crippen MR) is 96.4 cm³/mol. The quantitative estimate of drug-likeness (QED) is 0.641. The number of fused-ring (bicyclic) bond motifs is 1. The molecule has 2 nitrogen and oxygen atoms in total. The molecule has 3 rings (SSSR count). The minimum absolute atomic E-state index is 0.476. The Morgan fingerprint density at radius 1 is 1.00 bits per heavy atom. The maximum absolute atomic E-state index is 11.7. The van der Waals surface area contributed by atoms with Gasteiger partial charge >= 0.3 is 5.97 Å². The Morgan fingerprint density at radius 3 is 2.43 bits per heavy atom. The maximum Gasteiger partial charge on any atom is 0.317 e. The molecule has 0 aromatic heterocycles. The Bertz CT molecular complexity index is 825. The number of carbonyl (C=O) groups is 1. The number of hydrogen-bond donors (Lipinski definition) is 1. The molecule has 0 fully saturated rings. The number of carboxylic acid groups (broad SMARTS) is 1. The minimum atomic E-state index is -0.808. The molecule has 1 N–H and O–H groups in total. The van der Waals surface area contributed by atoms with Crippen molar-refractivity contribution in [2.24, 2.45) is 0 Å². The van der Waals surface area contributed by atoms with Crippen molar-refractivity contribution in [1.82, 2.24) is 0 Å². The molecule has 0 amide bonds. The maximum atomic E-state index is 11.7. The Labute approximate surface area is 144 Å². The van der Waals surface area contributed by atoms with E-state index in [0.717, 1.165) is 21.2 Å². The zero-order chi connectivity index (χ0) is 16.2. The van der Waals surface area contributed by atoms with Crippen molar-refractivity contribution in [3.05, 3.63) is 77.3 Å². The zero-order valence-corrected chi connectivity index (χ0v) is 13.8. The molecule has 0 heterocycles. The normalized spacial score (nSPS) is 12.2. The number of rotatable bonds is 5. The molecule has 1 unspecified atom stereocenters. The molecule has 23 heavy (non-hydrogen) atoms. The molecular formula is C19H15ClO2S. The fraction of sp³-hybridized carbons (Fsp3) is 0.105. The summed E-state index contributed by atoms with van der Waals surface area (Å²) in [5, 5.41) is 11.9. The molecule has 0 saturated heterocycles. The van der Waals surface area contributed by atoms with Crippen molar-refractivity contribution in [2.45, 2.75) is 16.6 Å². The zero-order valence-electron chi connectivity index (χ0n) is 12.3. The Kier molecular flexibility index (Phi) is 4.89. The van der Waals surface area contributed by atoms with Crippen molar-refractivity contribution in [3.63, 3.8) is 0 Å². The van der Waals surface area contributed by atoms with Crippen LogP contribution in [0, 0.1) is 0 Å². The predicted octanol–water partition coefficient (Wildman–Crippen LogP) is 5.28. The highest BCUT2D eigenvalue weighted by molar-refractivity contribution is 8.00. The highest BCUT2D eigenvalue weighted by atomic mass is 35.5. The first-order chi connectivity index (χ1) is 11.1. The summed E-state index contributed by atoms with van der Waals surface area (Å²) in [6, 6.07) is 21.3. The molecule has 0 spiro atoms. The summed E-state index contributed by atoms with van der Waals surface area (Å²) in [6.45, 7) is 0. The average molecular weight is 343 g/mol. The minimum Gasteiger partial charge on any atom is -0.480 e. The van der Waals surface area contributed by atoms with Crippen LogP contribution in [0.4, 0.5) is 0 Å². The highest BCUT2D eigenvalue weighted by Gasteiger charge is 2.20. The number of hydrogen-bond acceptors (Lipinski definition) is 2. The number of thioether (sulfide) groups is 1. The van der Waals surface area contributed by atoms with E-state index in [0.29, 0.717) is 11.4 Å². The van der Waals surface area contributed by atoms with Gasteiger partial charge in [-0.15, -0.1) is 11.8 Å². The van der Waals surface area contributed by atoms with E-state index in [2.05, 4.69) is 0 Å². The van der Waals surface area contributed by atoms with Gasteiger partial charge in [-0.25, -0.2) is 0 Å². The van der Waals surface area contributed by atoms with Gasteiger partial charge in [0, 0.05) is 9.92 Å². The van der Waals surface area contributed by atoms with Crippen LogP contribution in [0.2, 0.25) is 5.02 Å². The van der Waals surface area contributed by atoms with E-state index in [1.54, 1.807) is 12.1 Å². The Balaban J connectivity index is 1.87. The van der Waals surface area contributed by atoms with Crippen LogP contribution in [-0.4, -0.2) is 16.3 Å². The monoisotopic (exact) mass is 342 g/mol. The van der Waals surface area contributed by atoms with Crippen molar-refractivity contribution in [3.8, 4) is 0 Å². The topological polar surface area (TPSA) is 37.3 Å². The molecule has 0 aliphatic heterocycles. The van der Waals surface area contributed by atoms with E-state index in [-0.39, 0.29) is 0 Å². The van der Waals surface area contributed by atoms with Crippen molar-refractivity contribution in [1.29, 1.82) is 0 Å². The lowest BCUT2D eigenvalue weighted by Gasteiger charge is -2.14. The third-order valence-corrected chi connectivity index (χ3v) is 5.10. The van der Waals surface area contributed by atoms with Gasteiger partial charge in [0.25, 0.3) is 0 Å². The fourth-order valence-corrected chi connectivity index (χ4v) is 3.64. The summed E-state index contributed by atoms with van der Waals surface area (Å²) in [5.74, 6) is -0.808. The van der Waals surface area contributed by atoms with E-state index in [4.69, 9.17) is 11.6 Å². The Hall–Kier alpha value is -1.97. The Morgan fingerprint density at radius 2 is 1.70 bits per heavy atom. The van der Waals surface area contributed by atoms with E-state index in [9.17, 15) is 9.90 Å². The summed E-state index contributed by atoms with van der Waals surface area (Å²) in [4.78, 5) is 12.6. The van der Waals surface area contributed by atoms with Gasteiger partial charge in [-0.05, 0) is 47.0 Å². The highest BCUT2D eigenvalue weighted by Crippen LogP contribution is 2.29.